The van der Waals surface area contributed by atoms with Crippen LogP contribution in [0.3, 0.4) is 0 Å². The maximum Gasteiger partial charge on any atom is 0.341 e. The van der Waals surface area contributed by atoms with E-state index < -0.39 is 11.8 Å². The Balaban J connectivity index is 2.05. The summed E-state index contributed by atoms with van der Waals surface area (Å²) >= 11 is 7.04. The van der Waals surface area contributed by atoms with Crippen LogP contribution in [-0.2, 0) is 11.3 Å². The number of hydrogen-bond acceptors (Lipinski definition) is 4. The number of carbonyl (C=O) groups excluding carboxylic acids is 1. The Labute approximate surface area is 112 Å². The first-order chi connectivity index (χ1) is 8.56. The summed E-state index contributed by atoms with van der Waals surface area (Å²) in [5, 5.41) is 0. The lowest BCUT2D eigenvalue weighted by atomic mass is 10.2. The van der Waals surface area contributed by atoms with Gasteiger partial charge in [-0.1, -0.05) is 11.6 Å². The molecule has 2 aromatic rings. The topological polar surface area (TPSA) is 52.3 Å². The number of ether oxygens (including phenoxy) is 1. The first-order valence-corrected chi connectivity index (χ1v) is 6.22. The molecule has 2 rings (SSSR count). The summed E-state index contributed by atoms with van der Waals surface area (Å²) in [7, 11) is 0. The normalized spacial score (nSPS) is 10.3. The Morgan fingerprint density at radius 2 is 2.17 bits per heavy atom. The van der Waals surface area contributed by atoms with E-state index in [1.807, 2.05) is 0 Å². The van der Waals surface area contributed by atoms with Crippen LogP contribution in [0.2, 0.25) is 4.34 Å². The fraction of sp³-hybridized carbons (Fsp3) is 0.0833. The summed E-state index contributed by atoms with van der Waals surface area (Å²) < 4.78 is 19.0. The monoisotopic (exact) mass is 285 g/mol. The Morgan fingerprint density at radius 3 is 2.83 bits per heavy atom. The molecule has 0 aliphatic heterocycles. The quantitative estimate of drug-likeness (QED) is 0.694. The lowest BCUT2D eigenvalue weighted by Crippen LogP contribution is -2.07. The van der Waals surface area contributed by atoms with Crippen molar-refractivity contribution in [2.24, 2.45) is 0 Å². The van der Waals surface area contributed by atoms with Crippen LogP contribution in [0, 0.1) is 5.82 Å². The predicted molar refractivity (Wildman–Crippen MR) is 69.3 cm³/mol. The maximum absolute atomic E-state index is 13.4. The van der Waals surface area contributed by atoms with Crippen LogP contribution in [0.25, 0.3) is 0 Å². The summed E-state index contributed by atoms with van der Waals surface area (Å²) in [6.07, 6.45) is 0. The van der Waals surface area contributed by atoms with Crippen molar-refractivity contribution < 1.29 is 13.9 Å². The maximum atomic E-state index is 13.4. The van der Waals surface area contributed by atoms with Gasteiger partial charge in [-0.15, -0.1) is 11.3 Å². The van der Waals surface area contributed by atoms with Gasteiger partial charge in [0.1, 0.15) is 12.4 Å². The number of halogens is 2. The van der Waals surface area contributed by atoms with Gasteiger partial charge in [0, 0.05) is 10.6 Å². The second-order valence-corrected chi connectivity index (χ2v) is 5.32. The summed E-state index contributed by atoms with van der Waals surface area (Å²) in [6.45, 7) is 0.0600. The minimum Gasteiger partial charge on any atom is -0.456 e. The highest BCUT2D eigenvalue weighted by Gasteiger charge is 2.14. The average Bonchev–Trinajstić information content (AvgIpc) is 2.75. The molecule has 3 nitrogen and oxygen atoms in total. The average molecular weight is 286 g/mol. The van der Waals surface area contributed by atoms with Crippen LogP contribution in [0.1, 0.15) is 15.2 Å². The van der Waals surface area contributed by atoms with Crippen molar-refractivity contribution in [1.82, 2.24) is 0 Å². The first-order valence-electron chi connectivity index (χ1n) is 5.02. The summed E-state index contributed by atoms with van der Waals surface area (Å²) in [4.78, 5) is 12.4. The summed E-state index contributed by atoms with van der Waals surface area (Å²) in [5.74, 6) is -1.40. The van der Waals surface area contributed by atoms with Gasteiger partial charge in [0.15, 0.2) is 0 Å². The SMILES string of the molecule is Nc1ccc(F)c(C(=O)OCc2ccc(Cl)s2)c1. The van der Waals surface area contributed by atoms with Gasteiger partial charge >= 0.3 is 5.97 Å². The van der Waals surface area contributed by atoms with E-state index >= 15 is 0 Å². The van der Waals surface area contributed by atoms with E-state index in [1.54, 1.807) is 12.1 Å². The molecular formula is C12H9ClFNO2S. The van der Waals surface area contributed by atoms with Crippen LogP contribution in [-0.4, -0.2) is 5.97 Å². The Bertz CT molecular complexity index is 585. The number of nitrogen functional groups attached to an aromatic ring is 1. The highest BCUT2D eigenvalue weighted by molar-refractivity contribution is 7.16. The first kappa shape index (κ1) is 12.9. The molecule has 0 atom stereocenters. The Morgan fingerprint density at radius 1 is 1.39 bits per heavy atom. The van der Waals surface area contributed by atoms with Gasteiger partial charge < -0.3 is 10.5 Å². The number of thiophene rings is 1. The molecule has 0 amide bonds. The van der Waals surface area contributed by atoms with Gasteiger partial charge in [-0.25, -0.2) is 9.18 Å². The van der Waals surface area contributed by atoms with Gasteiger partial charge in [0.2, 0.25) is 0 Å². The van der Waals surface area contributed by atoms with Crippen LogP contribution < -0.4 is 5.73 Å². The van der Waals surface area contributed by atoms with E-state index in [-0.39, 0.29) is 12.2 Å². The summed E-state index contributed by atoms with van der Waals surface area (Å²) in [5.41, 5.74) is 5.63. The van der Waals surface area contributed by atoms with E-state index in [2.05, 4.69) is 0 Å². The largest absolute Gasteiger partial charge is 0.456 e. The molecule has 0 saturated carbocycles. The van der Waals surface area contributed by atoms with Gasteiger partial charge in [-0.2, -0.15) is 0 Å². The Kier molecular flexibility index (Phi) is 3.84. The van der Waals surface area contributed by atoms with E-state index in [0.29, 0.717) is 10.0 Å². The zero-order valence-corrected chi connectivity index (χ0v) is 10.7. The van der Waals surface area contributed by atoms with Crippen molar-refractivity contribution in [3.05, 3.63) is 50.9 Å². The standard InChI is InChI=1S/C12H9ClFNO2S/c13-11-4-2-8(18-11)6-17-12(16)9-5-7(15)1-3-10(9)14/h1-5H,6,15H2. The van der Waals surface area contributed by atoms with Gasteiger partial charge in [-0.3, -0.25) is 0 Å². The molecule has 1 aromatic carbocycles. The molecule has 1 heterocycles. The third-order valence-electron chi connectivity index (χ3n) is 2.18. The minimum atomic E-state index is -0.746. The number of nitrogens with two attached hydrogens (primary N) is 1. The second-order valence-electron chi connectivity index (χ2n) is 3.52. The van der Waals surface area contributed by atoms with E-state index in [1.165, 1.54) is 23.5 Å². The van der Waals surface area contributed by atoms with Crippen molar-refractivity contribution in [3.8, 4) is 0 Å². The molecule has 0 spiro atoms. The van der Waals surface area contributed by atoms with Crippen LogP contribution in [0.4, 0.5) is 10.1 Å². The summed E-state index contributed by atoms with van der Waals surface area (Å²) in [6, 6.07) is 7.21. The number of hydrogen-bond donors (Lipinski definition) is 1. The van der Waals surface area contributed by atoms with Crippen molar-refractivity contribution >= 4 is 34.6 Å². The van der Waals surface area contributed by atoms with E-state index in [4.69, 9.17) is 22.1 Å². The van der Waals surface area contributed by atoms with Crippen molar-refractivity contribution in [3.63, 3.8) is 0 Å². The van der Waals surface area contributed by atoms with Gasteiger partial charge in [0.05, 0.1) is 9.90 Å². The van der Waals surface area contributed by atoms with Gasteiger partial charge in [-0.05, 0) is 30.3 Å². The molecule has 6 heteroatoms. The molecule has 0 aliphatic rings. The number of carbonyl (C=O) groups is 1. The predicted octanol–water partition coefficient (Wildman–Crippen LogP) is 3.48. The highest BCUT2D eigenvalue weighted by Crippen LogP contribution is 2.22. The molecule has 18 heavy (non-hydrogen) atoms. The van der Waals surface area contributed by atoms with Crippen molar-refractivity contribution in [2.45, 2.75) is 6.61 Å². The molecule has 2 N–H and O–H groups in total. The Hall–Kier alpha value is -1.59. The van der Waals surface area contributed by atoms with Crippen molar-refractivity contribution in [2.75, 3.05) is 5.73 Å². The lowest BCUT2D eigenvalue weighted by molar-refractivity contribution is 0.0471. The molecular weight excluding hydrogens is 277 g/mol. The van der Waals surface area contributed by atoms with E-state index in [0.717, 1.165) is 10.9 Å². The fourth-order valence-electron chi connectivity index (χ4n) is 1.34. The molecule has 0 fully saturated rings. The third-order valence-corrected chi connectivity index (χ3v) is 3.39. The molecule has 0 radical (unpaired) electrons. The molecule has 0 saturated heterocycles. The zero-order valence-electron chi connectivity index (χ0n) is 9.15. The van der Waals surface area contributed by atoms with Crippen LogP contribution in [0.5, 0.6) is 0 Å². The smallest absolute Gasteiger partial charge is 0.341 e. The van der Waals surface area contributed by atoms with Crippen LogP contribution >= 0.6 is 22.9 Å². The number of benzene rings is 1. The molecule has 0 aliphatic carbocycles. The molecule has 1 aromatic heterocycles. The third kappa shape index (κ3) is 3.00. The second kappa shape index (κ2) is 5.37. The molecule has 94 valence electrons. The number of anilines is 1. The zero-order chi connectivity index (χ0) is 13.1. The van der Waals surface area contributed by atoms with Crippen LogP contribution in [0.15, 0.2) is 30.3 Å². The number of rotatable bonds is 3. The molecule has 0 unspecified atom stereocenters. The lowest BCUT2D eigenvalue weighted by Gasteiger charge is -2.05. The van der Waals surface area contributed by atoms with E-state index in [9.17, 15) is 9.18 Å². The number of esters is 1. The fourth-order valence-corrected chi connectivity index (χ4v) is 2.34. The minimum absolute atomic E-state index is 0.0600. The van der Waals surface area contributed by atoms with Crippen molar-refractivity contribution in [1.29, 1.82) is 0 Å². The van der Waals surface area contributed by atoms with Gasteiger partial charge in [0.25, 0.3) is 0 Å². The highest BCUT2D eigenvalue weighted by atomic mass is 35.5. The molecule has 0 bridgehead atoms.